The van der Waals surface area contributed by atoms with Crippen LogP contribution in [0.25, 0.3) is 0 Å². The van der Waals surface area contributed by atoms with Gasteiger partial charge in [-0.15, -0.1) is 0 Å². The molecule has 0 bridgehead atoms. The number of hydrogen-bond acceptors (Lipinski definition) is 6. The van der Waals surface area contributed by atoms with E-state index in [1.807, 2.05) is 6.92 Å². The van der Waals surface area contributed by atoms with Gasteiger partial charge in [-0.3, -0.25) is 20.4 Å². The highest BCUT2D eigenvalue weighted by Crippen LogP contribution is 2.34. The van der Waals surface area contributed by atoms with Crippen molar-refractivity contribution in [2.75, 3.05) is 27.9 Å². The summed E-state index contributed by atoms with van der Waals surface area (Å²) in [6, 6.07) is 9.56. The molecule has 27 heavy (non-hydrogen) atoms. The SMILES string of the molecule is CCOc1ccc(C(=O)NNC(=O)c2cc(OC)c(OC)cc2OC)cc1. The molecule has 2 rings (SSSR count). The van der Waals surface area contributed by atoms with Gasteiger partial charge in [-0.1, -0.05) is 0 Å². The molecule has 0 radical (unpaired) electrons. The molecule has 8 nitrogen and oxygen atoms in total. The average Bonchev–Trinajstić information content (AvgIpc) is 2.71. The number of carbonyl (C=O) groups excluding carboxylic acids is 2. The van der Waals surface area contributed by atoms with Gasteiger partial charge in [0.05, 0.1) is 33.5 Å². The normalized spacial score (nSPS) is 9.93. The van der Waals surface area contributed by atoms with Gasteiger partial charge in [0.1, 0.15) is 11.5 Å². The van der Waals surface area contributed by atoms with Gasteiger partial charge >= 0.3 is 0 Å². The first-order chi connectivity index (χ1) is 13.0. The van der Waals surface area contributed by atoms with Crippen LogP contribution in [0.1, 0.15) is 27.6 Å². The maximum absolute atomic E-state index is 12.4. The summed E-state index contributed by atoms with van der Waals surface area (Å²) >= 11 is 0. The molecule has 0 aliphatic heterocycles. The van der Waals surface area contributed by atoms with Crippen LogP contribution in [0.2, 0.25) is 0 Å². The van der Waals surface area contributed by atoms with E-state index < -0.39 is 11.8 Å². The molecule has 2 aromatic carbocycles. The molecule has 0 aromatic heterocycles. The van der Waals surface area contributed by atoms with Gasteiger partial charge in [-0.25, -0.2) is 0 Å². The summed E-state index contributed by atoms with van der Waals surface area (Å²) in [6.07, 6.45) is 0. The second kappa shape index (κ2) is 9.33. The molecular weight excluding hydrogens is 352 g/mol. The fourth-order valence-electron chi connectivity index (χ4n) is 2.33. The minimum Gasteiger partial charge on any atom is -0.496 e. The molecule has 2 amide bonds. The molecular formula is C19H22N2O6. The molecule has 0 unspecified atom stereocenters. The number of hydrazine groups is 1. The van der Waals surface area contributed by atoms with Crippen LogP contribution in [-0.2, 0) is 0 Å². The Kier molecular flexibility index (Phi) is 6.87. The van der Waals surface area contributed by atoms with E-state index in [1.54, 1.807) is 24.3 Å². The number of carbonyl (C=O) groups is 2. The van der Waals surface area contributed by atoms with E-state index in [1.165, 1.54) is 33.5 Å². The van der Waals surface area contributed by atoms with E-state index >= 15 is 0 Å². The summed E-state index contributed by atoms with van der Waals surface area (Å²) in [5.74, 6) is 0.692. The quantitative estimate of drug-likeness (QED) is 0.722. The Bertz CT molecular complexity index is 805. The zero-order valence-corrected chi connectivity index (χ0v) is 15.6. The maximum Gasteiger partial charge on any atom is 0.273 e. The second-order valence-corrected chi connectivity index (χ2v) is 5.27. The van der Waals surface area contributed by atoms with E-state index in [0.29, 0.717) is 29.4 Å². The van der Waals surface area contributed by atoms with Gasteiger partial charge in [0, 0.05) is 17.7 Å². The lowest BCUT2D eigenvalue weighted by atomic mass is 10.1. The summed E-state index contributed by atoms with van der Waals surface area (Å²) in [6.45, 7) is 2.41. The Hall–Kier alpha value is -3.42. The zero-order valence-electron chi connectivity index (χ0n) is 15.6. The molecule has 2 aromatic rings. The third-order valence-corrected chi connectivity index (χ3v) is 3.67. The summed E-state index contributed by atoms with van der Waals surface area (Å²) in [5, 5.41) is 0. The lowest BCUT2D eigenvalue weighted by Crippen LogP contribution is -2.41. The van der Waals surface area contributed by atoms with Crippen LogP contribution >= 0.6 is 0 Å². The molecule has 0 atom stereocenters. The van der Waals surface area contributed by atoms with Crippen molar-refractivity contribution < 1.29 is 28.5 Å². The molecule has 144 valence electrons. The largest absolute Gasteiger partial charge is 0.496 e. The smallest absolute Gasteiger partial charge is 0.273 e. The van der Waals surface area contributed by atoms with Crippen molar-refractivity contribution in [2.45, 2.75) is 6.92 Å². The molecule has 0 saturated carbocycles. The Labute approximate surface area is 157 Å². The molecule has 0 aliphatic rings. The Balaban J connectivity index is 2.09. The van der Waals surface area contributed by atoms with Gasteiger partial charge in [0.15, 0.2) is 11.5 Å². The summed E-state index contributed by atoms with van der Waals surface area (Å²) in [4.78, 5) is 24.6. The maximum atomic E-state index is 12.4. The van der Waals surface area contributed by atoms with E-state index in [0.717, 1.165) is 0 Å². The highest BCUT2D eigenvalue weighted by Gasteiger charge is 2.18. The van der Waals surface area contributed by atoms with Crippen LogP contribution in [0, 0.1) is 0 Å². The first-order valence-electron chi connectivity index (χ1n) is 8.17. The average molecular weight is 374 g/mol. The molecule has 0 saturated heterocycles. The van der Waals surface area contributed by atoms with E-state index in [9.17, 15) is 9.59 Å². The zero-order chi connectivity index (χ0) is 19.8. The van der Waals surface area contributed by atoms with Crippen molar-refractivity contribution >= 4 is 11.8 Å². The van der Waals surface area contributed by atoms with Gasteiger partial charge in [-0.05, 0) is 31.2 Å². The summed E-state index contributed by atoms with van der Waals surface area (Å²) in [5.41, 5.74) is 5.27. The van der Waals surface area contributed by atoms with E-state index in [2.05, 4.69) is 10.9 Å². The summed E-state index contributed by atoms with van der Waals surface area (Å²) in [7, 11) is 4.37. The van der Waals surface area contributed by atoms with Crippen molar-refractivity contribution in [2.24, 2.45) is 0 Å². The highest BCUT2D eigenvalue weighted by molar-refractivity contribution is 6.01. The van der Waals surface area contributed by atoms with Crippen molar-refractivity contribution in [3.63, 3.8) is 0 Å². The number of nitrogens with one attached hydrogen (secondary N) is 2. The van der Waals surface area contributed by atoms with E-state index in [4.69, 9.17) is 18.9 Å². The van der Waals surface area contributed by atoms with Gasteiger partial charge < -0.3 is 18.9 Å². The predicted molar refractivity (Wildman–Crippen MR) is 98.6 cm³/mol. The number of methoxy groups -OCH3 is 3. The fraction of sp³-hybridized carbons (Fsp3) is 0.263. The van der Waals surface area contributed by atoms with Gasteiger partial charge in [0.25, 0.3) is 11.8 Å². The standard InChI is InChI=1S/C19H22N2O6/c1-5-27-13-8-6-12(7-9-13)18(22)20-21-19(23)14-10-16(25-3)17(26-4)11-15(14)24-2/h6-11H,5H2,1-4H3,(H,20,22)(H,21,23). The predicted octanol–water partition coefficient (Wildman–Crippen LogP) is 2.19. The van der Waals surface area contributed by atoms with Crippen LogP contribution in [0.5, 0.6) is 23.0 Å². The minimum absolute atomic E-state index is 0.183. The molecule has 0 spiro atoms. The number of rotatable bonds is 7. The van der Waals surface area contributed by atoms with Crippen molar-refractivity contribution in [3.05, 3.63) is 47.5 Å². The number of hydrogen-bond donors (Lipinski definition) is 2. The number of ether oxygens (including phenoxy) is 4. The molecule has 8 heteroatoms. The number of amides is 2. The minimum atomic E-state index is -0.563. The molecule has 0 aliphatic carbocycles. The Morgan fingerprint density at radius 3 is 1.93 bits per heavy atom. The fourth-order valence-corrected chi connectivity index (χ4v) is 2.33. The van der Waals surface area contributed by atoms with Crippen LogP contribution in [0.3, 0.4) is 0 Å². The van der Waals surface area contributed by atoms with Crippen molar-refractivity contribution in [1.29, 1.82) is 0 Å². The lowest BCUT2D eigenvalue weighted by Gasteiger charge is -2.14. The first kappa shape index (κ1) is 19.9. The van der Waals surface area contributed by atoms with Crippen molar-refractivity contribution in [1.82, 2.24) is 10.9 Å². The van der Waals surface area contributed by atoms with E-state index in [-0.39, 0.29) is 11.3 Å². The van der Waals surface area contributed by atoms with Crippen LogP contribution in [0.15, 0.2) is 36.4 Å². The monoisotopic (exact) mass is 374 g/mol. The first-order valence-corrected chi connectivity index (χ1v) is 8.17. The molecule has 2 N–H and O–H groups in total. The Morgan fingerprint density at radius 1 is 0.815 bits per heavy atom. The second-order valence-electron chi connectivity index (χ2n) is 5.27. The molecule has 0 fully saturated rings. The van der Waals surface area contributed by atoms with Crippen LogP contribution in [0.4, 0.5) is 0 Å². The van der Waals surface area contributed by atoms with Gasteiger partial charge in [-0.2, -0.15) is 0 Å². The lowest BCUT2D eigenvalue weighted by molar-refractivity contribution is 0.0844. The Morgan fingerprint density at radius 2 is 1.37 bits per heavy atom. The number of benzene rings is 2. The third kappa shape index (κ3) is 4.81. The van der Waals surface area contributed by atoms with Crippen LogP contribution < -0.4 is 29.8 Å². The highest BCUT2D eigenvalue weighted by atomic mass is 16.5. The van der Waals surface area contributed by atoms with Crippen LogP contribution in [-0.4, -0.2) is 39.8 Å². The van der Waals surface area contributed by atoms with Gasteiger partial charge in [0.2, 0.25) is 0 Å². The van der Waals surface area contributed by atoms with Crippen molar-refractivity contribution in [3.8, 4) is 23.0 Å². The molecule has 0 heterocycles. The third-order valence-electron chi connectivity index (χ3n) is 3.67. The topological polar surface area (TPSA) is 95.1 Å². The summed E-state index contributed by atoms with van der Waals surface area (Å²) < 4.78 is 20.9.